The third-order valence-corrected chi connectivity index (χ3v) is 6.93. The molecule has 3 heterocycles. The van der Waals surface area contributed by atoms with Gasteiger partial charge in [0, 0.05) is 33.1 Å². The van der Waals surface area contributed by atoms with E-state index in [0.717, 1.165) is 11.4 Å². The van der Waals surface area contributed by atoms with Gasteiger partial charge < -0.3 is 20.3 Å². The number of benzene rings is 1. The molecule has 1 aliphatic rings. The zero-order valence-electron chi connectivity index (χ0n) is 19.4. The highest BCUT2D eigenvalue weighted by Crippen LogP contribution is 2.45. The van der Waals surface area contributed by atoms with Crippen LogP contribution in [0.1, 0.15) is 48.3 Å². The number of rotatable bonds is 5. The van der Waals surface area contributed by atoms with E-state index < -0.39 is 5.41 Å². The fourth-order valence-corrected chi connectivity index (χ4v) is 5.13. The van der Waals surface area contributed by atoms with E-state index in [0.29, 0.717) is 16.5 Å². The van der Waals surface area contributed by atoms with Crippen molar-refractivity contribution in [3.05, 3.63) is 70.2 Å². The summed E-state index contributed by atoms with van der Waals surface area (Å²) >= 11 is 7.55. The van der Waals surface area contributed by atoms with Crippen LogP contribution in [0, 0.1) is 12.3 Å². The molecular formula is C25H28N4O2S2. The minimum atomic E-state index is -0.512. The molecule has 33 heavy (non-hydrogen) atoms. The highest BCUT2D eigenvalue weighted by atomic mass is 32.1. The first kappa shape index (κ1) is 23.2. The van der Waals surface area contributed by atoms with Gasteiger partial charge in [-0.15, -0.1) is 11.3 Å². The molecule has 3 aromatic rings. The van der Waals surface area contributed by atoms with Gasteiger partial charge in [-0.1, -0.05) is 26.8 Å². The van der Waals surface area contributed by atoms with Gasteiger partial charge in [-0.3, -0.25) is 9.78 Å². The Kier molecular flexibility index (Phi) is 6.41. The van der Waals surface area contributed by atoms with Gasteiger partial charge in [-0.05, 0) is 55.5 Å². The van der Waals surface area contributed by atoms with E-state index in [2.05, 4.69) is 39.6 Å². The number of aryl methyl sites for hydroxylation is 1. The Morgan fingerprint density at radius 2 is 2.00 bits per heavy atom. The first-order valence-electron chi connectivity index (χ1n) is 10.8. The fraction of sp³-hybridized carbons (Fsp3) is 0.320. The molecule has 4 rings (SSSR count). The fourth-order valence-electron chi connectivity index (χ4n) is 3.78. The summed E-state index contributed by atoms with van der Waals surface area (Å²) < 4.78 is 5.64. The zero-order chi connectivity index (χ0) is 23.8. The maximum Gasteiger partial charge on any atom is 0.229 e. The monoisotopic (exact) mass is 480 g/mol. The summed E-state index contributed by atoms with van der Waals surface area (Å²) in [7, 11) is 1.60. The molecule has 0 radical (unpaired) electrons. The molecule has 1 amide bonds. The molecule has 6 nitrogen and oxygen atoms in total. The van der Waals surface area contributed by atoms with Crippen LogP contribution in [0.15, 0.2) is 54.7 Å². The molecule has 172 valence electrons. The van der Waals surface area contributed by atoms with Crippen molar-refractivity contribution in [1.82, 2.24) is 10.3 Å². The van der Waals surface area contributed by atoms with Gasteiger partial charge in [0.05, 0.1) is 30.6 Å². The number of thiophene rings is 1. The predicted molar refractivity (Wildman–Crippen MR) is 138 cm³/mol. The average molecular weight is 481 g/mol. The highest BCUT2D eigenvalue weighted by molar-refractivity contribution is 7.80. The number of anilines is 2. The van der Waals surface area contributed by atoms with Crippen molar-refractivity contribution in [3.8, 4) is 5.75 Å². The minimum absolute atomic E-state index is 0.0641. The molecule has 1 saturated heterocycles. The molecule has 0 saturated carbocycles. The number of carbonyl (C=O) groups is 1. The van der Waals surface area contributed by atoms with Crippen LogP contribution in [-0.2, 0) is 4.79 Å². The van der Waals surface area contributed by atoms with E-state index in [1.807, 2.05) is 57.2 Å². The van der Waals surface area contributed by atoms with Gasteiger partial charge in [0.1, 0.15) is 5.75 Å². The molecule has 8 heteroatoms. The molecule has 0 spiro atoms. The number of hydrogen-bond acceptors (Lipinski definition) is 5. The highest BCUT2D eigenvalue weighted by Gasteiger charge is 2.41. The quantitative estimate of drug-likeness (QED) is 0.462. The van der Waals surface area contributed by atoms with Crippen LogP contribution in [0.25, 0.3) is 0 Å². The number of carbonyl (C=O) groups excluding carboxylic acids is 1. The number of amides is 1. The Hall–Kier alpha value is -2.97. The summed E-state index contributed by atoms with van der Waals surface area (Å²) in [6.45, 7) is 7.74. The Morgan fingerprint density at radius 1 is 1.21 bits per heavy atom. The third-order valence-electron chi connectivity index (χ3n) is 5.54. The lowest BCUT2D eigenvalue weighted by Crippen LogP contribution is -2.29. The van der Waals surface area contributed by atoms with Crippen molar-refractivity contribution < 1.29 is 9.53 Å². The van der Waals surface area contributed by atoms with Crippen molar-refractivity contribution in [1.29, 1.82) is 0 Å². The van der Waals surface area contributed by atoms with E-state index in [4.69, 9.17) is 17.0 Å². The molecule has 0 bridgehead atoms. The minimum Gasteiger partial charge on any atom is -0.494 e. The van der Waals surface area contributed by atoms with E-state index >= 15 is 0 Å². The van der Waals surface area contributed by atoms with Gasteiger partial charge in [0.25, 0.3) is 0 Å². The van der Waals surface area contributed by atoms with Crippen molar-refractivity contribution in [2.75, 3.05) is 17.3 Å². The van der Waals surface area contributed by atoms with E-state index in [-0.39, 0.29) is 18.0 Å². The zero-order valence-corrected chi connectivity index (χ0v) is 21.0. The summed E-state index contributed by atoms with van der Waals surface area (Å²) in [6.07, 6.45) is 1.80. The number of thiocarbonyl (C=S) groups is 1. The Bertz CT molecular complexity index is 1170. The Labute approximate surface area is 204 Å². The van der Waals surface area contributed by atoms with Crippen LogP contribution >= 0.6 is 23.6 Å². The van der Waals surface area contributed by atoms with Crippen LogP contribution in [0.2, 0.25) is 0 Å². The third kappa shape index (κ3) is 4.72. The maximum absolute atomic E-state index is 12.5. The summed E-state index contributed by atoms with van der Waals surface area (Å²) in [5, 5.41) is 7.06. The Morgan fingerprint density at radius 3 is 2.61 bits per heavy atom. The molecule has 0 unspecified atom stereocenters. The molecule has 1 fully saturated rings. The maximum atomic E-state index is 12.5. The number of aromatic nitrogens is 1. The number of nitrogens with zero attached hydrogens (tertiary/aromatic N) is 2. The number of pyridine rings is 1. The molecule has 2 atom stereocenters. The molecular weight excluding hydrogens is 452 g/mol. The number of ether oxygens (including phenoxy) is 1. The molecule has 1 aromatic carbocycles. The first-order valence-corrected chi connectivity index (χ1v) is 12.0. The molecule has 2 aromatic heterocycles. The second-order valence-corrected chi connectivity index (χ2v) is 10.7. The van der Waals surface area contributed by atoms with Crippen molar-refractivity contribution >= 4 is 45.9 Å². The number of hydrogen-bond donors (Lipinski definition) is 2. The second kappa shape index (κ2) is 9.11. The number of nitrogens with one attached hydrogen (secondary N) is 2. The van der Waals surface area contributed by atoms with E-state index in [9.17, 15) is 4.79 Å². The smallest absolute Gasteiger partial charge is 0.229 e. The lowest BCUT2D eigenvalue weighted by Gasteiger charge is -2.28. The lowest BCUT2D eigenvalue weighted by molar-refractivity contribution is -0.123. The van der Waals surface area contributed by atoms with Gasteiger partial charge in [-0.2, -0.15) is 0 Å². The summed E-state index contributed by atoms with van der Waals surface area (Å²) in [4.78, 5) is 21.7. The molecule has 1 aliphatic heterocycles. The van der Waals surface area contributed by atoms with E-state index in [1.54, 1.807) is 24.6 Å². The van der Waals surface area contributed by atoms with Crippen molar-refractivity contribution in [2.24, 2.45) is 5.41 Å². The van der Waals surface area contributed by atoms with Gasteiger partial charge in [-0.25, -0.2) is 0 Å². The largest absolute Gasteiger partial charge is 0.494 e. The SMILES string of the molecule is COc1cc(N2C(=S)N[C@@H](c3ccccn3)[C@@H]2c2ccc(C)s2)ccc1NC(=O)C(C)(C)C. The summed E-state index contributed by atoms with van der Waals surface area (Å²) in [5.41, 5.74) is 1.93. The average Bonchev–Trinajstić information content (AvgIpc) is 3.36. The van der Waals surface area contributed by atoms with Gasteiger partial charge >= 0.3 is 0 Å². The number of methoxy groups -OCH3 is 1. The second-order valence-electron chi connectivity index (χ2n) is 9.03. The predicted octanol–water partition coefficient (Wildman–Crippen LogP) is 5.62. The lowest BCUT2D eigenvalue weighted by atomic mass is 9.95. The Balaban J connectivity index is 1.74. The van der Waals surface area contributed by atoms with Crippen LogP contribution in [-0.4, -0.2) is 23.1 Å². The first-order chi connectivity index (χ1) is 15.7. The topological polar surface area (TPSA) is 66.5 Å². The van der Waals surface area contributed by atoms with E-state index in [1.165, 1.54) is 9.75 Å². The summed E-state index contributed by atoms with van der Waals surface area (Å²) in [5.74, 6) is 0.504. The standard InChI is InChI=1S/C25H28N4O2S2/c1-15-9-12-20(33-15)22-21(18-8-6-7-13-26-18)28-24(32)29(22)16-10-11-17(19(14-16)31-5)27-23(30)25(2,3)4/h6-14,21-22H,1-5H3,(H,27,30)(H,28,32)/t21-,22-/m0/s1. The normalized spacial score (nSPS) is 18.2. The molecule has 0 aliphatic carbocycles. The van der Waals surface area contributed by atoms with Crippen LogP contribution in [0.5, 0.6) is 5.75 Å². The van der Waals surface area contributed by atoms with Gasteiger partial charge in [0.2, 0.25) is 5.91 Å². The van der Waals surface area contributed by atoms with Gasteiger partial charge in [0.15, 0.2) is 5.11 Å². The van der Waals surface area contributed by atoms with Crippen molar-refractivity contribution in [3.63, 3.8) is 0 Å². The van der Waals surface area contributed by atoms with Crippen LogP contribution in [0.3, 0.4) is 0 Å². The van der Waals surface area contributed by atoms with Crippen molar-refractivity contribution in [2.45, 2.75) is 39.8 Å². The molecule has 2 N–H and O–H groups in total. The van der Waals surface area contributed by atoms with Crippen LogP contribution < -0.4 is 20.3 Å². The van der Waals surface area contributed by atoms with Crippen LogP contribution in [0.4, 0.5) is 11.4 Å². The summed E-state index contributed by atoms with van der Waals surface area (Å²) in [6, 6.07) is 15.8.